The van der Waals surface area contributed by atoms with Gasteiger partial charge in [0.05, 0.1) is 0 Å². The number of hydrogen-bond donors (Lipinski definition) is 0. The highest BCUT2D eigenvalue weighted by molar-refractivity contribution is 6.46. The number of hydrogen-bond acceptors (Lipinski definition) is 0. The van der Waals surface area contributed by atoms with Crippen molar-refractivity contribution >= 4 is 97.3 Å². The Hall–Kier alpha value is -8.06. The Morgan fingerprint density at radius 1 is 0.447 bits per heavy atom. The van der Waals surface area contributed by atoms with Gasteiger partial charge in [0.15, 0.2) is 0 Å². The average molecular weight is 983 g/mol. The highest BCUT2D eigenvalue weighted by atomic mass is 14.3. The summed E-state index contributed by atoms with van der Waals surface area (Å²) in [6, 6.07) is 58.1. The minimum Gasteiger partial charge on any atom is -0.0990 e. The normalized spacial score (nSPS) is 12.9. The Bertz CT molecular complexity index is 4330. The molecule has 12 rings (SSSR count). The van der Waals surface area contributed by atoms with Crippen molar-refractivity contribution < 1.29 is 0 Å². The van der Waals surface area contributed by atoms with Gasteiger partial charge in [-0.25, -0.2) is 0 Å². The standard InChI is InChI=1S/C71H58.C5H12/c1-10-14-24-45(13-4)52-36-35-51(44(12-3)23-11-2)67-60-41-59-62(46-25-17-15-18-26-46)69-56-32-21-29-53-57-40-49(61-42(5)37-50(38-43(61)6)71(7,8)9)34-33-48(57)39-58(64(53)56)70(69)63(47-27-19-16-20-28-47)68(59)55-31-22-30-54(65(55)60)66(52)67;1-5(2,3)4/h11-41H,2-3,10H2,1,4-9H3;1-4H3/b24-14-,44-23+,45-13+;. The average Bonchev–Trinajstić information content (AvgIpc) is 4.15. The first-order valence-corrected chi connectivity index (χ1v) is 27.3. The Morgan fingerprint density at radius 3 is 1.55 bits per heavy atom. The molecule has 0 saturated heterocycles. The SMILES string of the molecule is C=C/C=C(\C=C)c1ccc(C(/C=C\CC)=C/C)c2c3cccc4c5c(-c6ccccc6)c6c7cc8ccc(-c9c(C)cc(C(C)(C)C)cc9C)cc8c8cccc(c6c(-c6ccccc6)c5cc(c12)c43)c87.CC(C)(C)C. The maximum atomic E-state index is 4.34. The molecule has 0 unspecified atom stereocenters. The van der Waals surface area contributed by atoms with Gasteiger partial charge in [0.1, 0.15) is 0 Å². The first-order valence-electron chi connectivity index (χ1n) is 27.3. The van der Waals surface area contributed by atoms with E-state index in [4.69, 9.17) is 0 Å². The van der Waals surface area contributed by atoms with E-state index in [1.54, 1.807) is 0 Å². The van der Waals surface area contributed by atoms with Gasteiger partial charge in [-0.2, -0.15) is 0 Å². The zero-order valence-corrected chi connectivity index (χ0v) is 46.5. The van der Waals surface area contributed by atoms with Gasteiger partial charge in [-0.05, 0) is 215 Å². The van der Waals surface area contributed by atoms with Gasteiger partial charge < -0.3 is 0 Å². The van der Waals surface area contributed by atoms with E-state index in [2.05, 4.69) is 265 Å². The lowest BCUT2D eigenvalue weighted by Gasteiger charge is -2.22. The zero-order valence-electron chi connectivity index (χ0n) is 46.5. The van der Waals surface area contributed by atoms with Crippen LogP contribution in [0.25, 0.3) is 131 Å². The molecule has 0 aliphatic rings. The number of fused-ring (bicyclic) bond motifs is 10. The summed E-state index contributed by atoms with van der Waals surface area (Å²) in [5.41, 5.74) is 16.9. The molecule has 76 heavy (non-hydrogen) atoms. The molecule has 0 heterocycles. The molecule has 0 bridgehead atoms. The van der Waals surface area contributed by atoms with Gasteiger partial charge >= 0.3 is 0 Å². The molecule has 0 aliphatic carbocycles. The number of benzene rings is 10. The molecule has 0 N–H and O–H groups in total. The van der Waals surface area contributed by atoms with Gasteiger partial charge in [0.25, 0.3) is 0 Å². The van der Waals surface area contributed by atoms with Crippen molar-refractivity contribution in [1.29, 1.82) is 0 Å². The predicted octanol–water partition coefficient (Wildman–Crippen LogP) is 22.9. The van der Waals surface area contributed by atoms with Gasteiger partial charge in [0, 0.05) is 0 Å². The lowest BCUT2D eigenvalue weighted by atomic mass is 9.82. The Kier molecular flexibility index (Phi) is 12.7. The molecule has 0 aliphatic heterocycles. The summed E-state index contributed by atoms with van der Waals surface area (Å²) in [6.45, 7) is 33.1. The molecule has 0 atom stereocenters. The first kappa shape index (κ1) is 50.1. The van der Waals surface area contributed by atoms with Crippen LogP contribution in [0, 0.1) is 19.3 Å². The lowest BCUT2D eigenvalue weighted by molar-refractivity contribution is 0.469. The quantitative estimate of drug-likeness (QED) is 0.0999. The Morgan fingerprint density at radius 2 is 0.974 bits per heavy atom. The molecule has 0 amide bonds. The van der Waals surface area contributed by atoms with E-state index in [0.717, 1.165) is 17.6 Å². The molecule has 0 radical (unpaired) electrons. The molecule has 374 valence electrons. The van der Waals surface area contributed by atoms with E-state index in [1.165, 1.54) is 147 Å². The van der Waals surface area contributed by atoms with E-state index in [-0.39, 0.29) is 5.41 Å². The Labute approximate surface area is 450 Å². The van der Waals surface area contributed by atoms with Gasteiger partial charge in [-0.1, -0.05) is 238 Å². The van der Waals surface area contributed by atoms with E-state index < -0.39 is 0 Å². The molecular formula is C76H70. The summed E-state index contributed by atoms with van der Waals surface area (Å²) in [6.07, 6.45) is 13.8. The monoisotopic (exact) mass is 983 g/mol. The highest BCUT2D eigenvalue weighted by Crippen LogP contribution is 2.56. The van der Waals surface area contributed by atoms with Crippen LogP contribution in [0.2, 0.25) is 0 Å². The summed E-state index contributed by atoms with van der Waals surface area (Å²) in [5, 5.41) is 20.5. The van der Waals surface area contributed by atoms with Crippen LogP contribution in [-0.4, -0.2) is 0 Å². The van der Waals surface area contributed by atoms with Crippen LogP contribution in [0.3, 0.4) is 0 Å². The van der Waals surface area contributed by atoms with Crippen molar-refractivity contribution in [2.45, 2.75) is 88.0 Å². The third-order valence-electron chi connectivity index (χ3n) is 15.5. The van der Waals surface area contributed by atoms with Crippen molar-refractivity contribution in [3.63, 3.8) is 0 Å². The van der Waals surface area contributed by atoms with Gasteiger partial charge in [0.2, 0.25) is 0 Å². The van der Waals surface area contributed by atoms with E-state index in [9.17, 15) is 0 Å². The van der Waals surface area contributed by atoms with E-state index in [1.807, 2.05) is 12.2 Å². The fourth-order valence-corrected chi connectivity index (χ4v) is 12.5. The fraction of sp³-hybridized carbons (Fsp3) is 0.184. The minimum absolute atomic E-state index is 0.0799. The molecule has 0 saturated carbocycles. The molecule has 0 nitrogen and oxygen atoms in total. The highest BCUT2D eigenvalue weighted by Gasteiger charge is 2.29. The second kappa shape index (κ2) is 19.3. The molecular weight excluding hydrogens is 913 g/mol. The molecule has 0 spiro atoms. The van der Waals surface area contributed by atoms with Gasteiger partial charge in [-0.15, -0.1) is 0 Å². The smallest absolute Gasteiger partial charge is 0.000697 e. The lowest BCUT2D eigenvalue weighted by Crippen LogP contribution is -2.12. The maximum Gasteiger partial charge on any atom is -0.000697 e. The zero-order chi connectivity index (χ0) is 53.4. The van der Waals surface area contributed by atoms with Crippen molar-refractivity contribution in [2.24, 2.45) is 5.41 Å². The molecule has 0 heteroatoms. The van der Waals surface area contributed by atoms with Crippen molar-refractivity contribution in [2.75, 3.05) is 0 Å². The maximum absolute atomic E-state index is 4.34. The topological polar surface area (TPSA) is 0 Å². The van der Waals surface area contributed by atoms with Crippen LogP contribution < -0.4 is 0 Å². The van der Waals surface area contributed by atoms with Crippen LogP contribution >= 0.6 is 0 Å². The second-order valence-electron chi connectivity index (χ2n) is 23.7. The summed E-state index contributed by atoms with van der Waals surface area (Å²) in [4.78, 5) is 0. The number of allylic oxidation sites excluding steroid dienone is 8. The Balaban J connectivity index is 0.00000118. The van der Waals surface area contributed by atoms with E-state index >= 15 is 0 Å². The van der Waals surface area contributed by atoms with Crippen LogP contribution in [0.15, 0.2) is 201 Å². The minimum atomic E-state index is 0.0799. The van der Waals surface area contributed by atoms with Gasteiger partial charge in [-0.3, -0.25) is 0 Å². The van der Waals surface area contributed by atoms with E-state index in [0.29, 0.717) is 5.41 Å². The third-order valence-corrected chi connectivity index (χ3v) is 15.5. The molecule has 0 aromatic heterocycles. The molecule has 0 fully saturated rings. The first-order chi connectivity index (χ1) is 36.6. The van der Waals surface area contributed by atoms with Crippen LogP contribution in [0.1, 0.15) is 96.6 Å². The van der Waals surface area contributed by atoms with Crippen LogP contribution in [0.5, 0.6) is 0 Å². The summed E-state index contributed by atoms with van der Waals surface area (Å²) >= 11 is 0. The van der Waals surface area contributed by atoms with Crippen molar-refractivity contribution in [1.82, 2.24) is 0 Å². The van der Waals surface area contributed by atoms with Crippen LogP contribution in [0.4, 0.5) is 0 Å². The number of rotatable bonds is 9. The summed E-state index contributed by atoms with van der Waals surface area (Å²) in [7, 11) is 0. The predicted molar refractivity (Wildman–Crippen MR) is 340 cm³/mol. The van der Waals surface area contributed by atoms with Crippen molar-refractivity contribution in [3.8, 4) is 33.4 Å². The molecule has 12 aromatic carbocycles. The summed E-state index contributed by atoms with van der Waals surface area (Å²) < 4.78 is 0. The summed E-state index contributed by atoms with van der Waals surface area (Å²) in [5.74, 6) is 0. The fourth-order valence-electron chi connectivity index (χ4n) is 12.5. The number of aryl methyl sites for hydroxylation is 2. The van der Waals surface area contributed by atoms with Crippen molar-refractivity contribution in [3.05, 3.63) is 229 Å². The third kappa shape index (κ3) is 8.31. The van der Waals surface area contributed by atoms with Crippen LogP contribution in [-0.2, 0) is 5.41 Å². The largest absolute Gasteiger partial charge is 0.0990 e. The molecule has 12 aromatic rings. The second-order valence-corrected chi connectivity index (χ2v) is 23.7.